The molecule has 0 amide bonds. The number of ether oxygens (including phenoxy) is 4. The summed E-state index contributed by atoms with van der Waals surface area (Å²) in [6.45, 7) is 6.28. The third-order valence-electron chi connectivity index (χ3n) is 5.52. The highest BCUT2D eigenvalue weighted by Gasteiger charge is 2.10. The summed E-state index contributed by atoms with van der Waals surface area (Å²) in [4.78, 5) is 36.3. The zero-order chi connectivity index (χ0) is 28.9. The first-order valence-electron chi connectivity index (χ1n) is 12.6. The van der Waals surface area contributed by atoms with Crippen molar-refractivity contribution in [2.75, 3.05) is 18.9 Å². The number of nitrogens with one attached hydrogen (secondary N) is 1. The molecule has 0 aliphatic rings. The standard InChI is InChI=1S/C31H28N4O6/c1-3-29(36)40-20-38-25-14-10-22(11-15-25)18-27-33-28(35-31(34-27)32-24-8-6-5-7-9-24)19-23-12-16-26(17-13-23)39-21-41-30(37)4-2/h3-17H,1-2,18-21H2,(H,32,33,34,35). The lowest BCUT2D eigenvalue weighted by Gasteiger charge is -2.11. The maximum absolute atomic E-state index is 11.2. The van der Waals surface area contributed by atoms with Gasteiger partial charge in [0.15, 0.2) is 0 Å². The summed E-state index contributed by atoms with van der Waals surface area (Å²) in [6, 6.07) is 24.3. The van der Waals surface area contributed by atoms with E-state index in [-0.39, 0.29) is 13.6 Å². The minimum absolute atomic E-state index is 0.203. The number of para-hydroxylation sites is 1. The van der Waals surface area contributed by atoms with Gasteiger partial charge in [-0.15, -0.1) is 0 Å². The van der Waals surface area contributed by atoms with Gasteiger partial charge in [0.25, 0.3) is 0 Å². The summed E-state index contributed by atoms with van der Waals surface area (Å²) in [5.74, 6) is 1.62. The summed E-state index contributed by atoms with van der Waals surface area (Å²) in [7, 11) is 0. The Labute approximate surface area is 237 Å². The molecule has 41 heavy (non-hydrogen) atoms. The van der Waals surface area contributed by atoms with Crippen LogP contribution in [0.1, 0.15) is 22.8 Å². The highest BCUT2D eigenvalue weighted by Crippen LogP contribution is 2.19. The zero-order valence-corrected chi connectivity index (χ0v) is 22.2. The third kappa shape index (κ3) is 9.32. The molecule has 0 bridgehead atoms. The van der Waals surface area contributed by atoms with Gasteiger partial charge in [-0.05, 0) is 47.5 Å². The number of anilines is 2. The van der Waals surface area contributed by atoms with Crippen LogP contribution in [-0.2, 0) is 31.9 Å². The molecule has 4 aromatic rings. The molecule has 0 atom stereocenters. The molecule has 0 aliphatic carbocycles. The van der Waals surface area contributed by atoms with Crippen LogP contribution >= 0.6 is 0 Å². The van der Waals surface area contributed by atoms with E-state index in [0.29, 0.717) is 41.9 Å². The first kappa shape index (κ1) is 28.5. The fourth-order valence-electron chi connectivity index (χ4n) is 3.53. The van der Waals surface area contributed by atoms with Gasteiger partial charge in [0.05, 0.1) is 0 Å². The third-order valence-corrected chi connectivity index (χ3v) is 5.52. The lowest BCUT2D eigenvalue weighted by molar-refractivity contribution is -0.145. The quantitative estimate of drug-likeness (QED) is 0.131. The molecule has 208 valence electrons. The molecule has 1 aromatic heterocycles. The molecular formula is C31H28N4O6. The molecule has 0 radical (unpaired) electrons. The second-order valence-corrected chi connectivity index (χ2v) is 8.48. The van der Waals surface area contributed by atoms with Crippen LogP contribution in [0.4, 0.5) is 11.6 Å². The predicted molar refractivity (Wildman–Crippen MR) is 152 cm³/mol. The second kappa shape index (κ2) is 14.6. The second-order valence-electron chi connectivity index (χ2n) is 8.48. The number of nitrogens with zero attached hydrogens (tertiary/aromatic N) is 3. The molecule has 1 N–H and O–H groups in total. The van der Waals surface area contributed by atoms with E-state index in [1.807, 2.05) is 54.6 Å². The van der Waals surface area contributed by atoms with Crippen molar-refractivity contribution in [3.05, 3.63) is 127 Å². The van der Waals surface area contributed by atoms with Gasteiger partial charge in [-0.25, -0.2) is 14.6 Å². The largest absolute Gasteiger partial charge is 0.457 e. The van der Waals surface area contributed by atoms with E-state index in [0.717, 1.165) is 29.0 Å². The minimum atomic E-state index is -0.553. The van der Waals surface area contributed by atoms with Crippen molar-refractivity contribution in [3.8, 4) is 11.5 Å². The smallest absolute Gasteiger partial charge is 0.333 e. The summed E-state index contributed by atoms with van der Waals surface area (Å²) < 4.78 is 20.5. The number of hydrogen-bond donors (Lipinski definition) is 1. The minimum Gasteiger partial charge on any atom is -0.457 e. The molecule has 0 aliphatic heterocycles. The Morgan fingerprint density at radius 1 is 0.659 bits per heavy atom. The molecule has 0 spiro atoms. The van der Waals surface area contributed by atoms with E-state index in [4.69, 9.17) is 23.9 Å². The van der Waals surface area contributed by atoms with Crippen LogP contribution in [0, 0.1) is 0 Å². The van der Waals surface area contributed by atoms with Crippen molar-refractivity contribution in [2.45, 2.75) is 12.8 Å². The number of hydrogen-bond acceptors (Lipinski definition) is 10. The normalized spacial score (nSPS) is 10.2. The number of esters is 2. The fourth-order valence-corrected chi connectivity index (χ4v) is 3.53. The van der Waals surface area contributed by atoms with Crippen LogP contribution in [0.5, 0.6) is 11.5 Å². The van der Waals surface area contributed by atoms with Crippen molar-refractivity contribution < 1.29 is 28.5 Å². The van der Waals surface area contributed by atoms with Gasteiger partial charge in [-0.1, -0.05) is 55.6 Å². The fraction of sp³-hybridized carbons (Fsp3) is 0.129. The van der Waals surface area contributed by atoms with E-state index in [2.05, 4.69) is 28.4 Å². The topological polar surface area (TPSA) is 122 Å². The number of carbonyl (C=O) groups excluding carboxylic acids is 2. The van der Waals surface area contributed by atoms with Crippen LogP contribution in [0.3, 0.4) is 0 Å². The van der Waals surface area contributed by atoms with Crippen LogP contribution in [0.15, 0.2) is 104 Å². The highest BCUT2D eigenvalue weighted by molar-refractivity contribution is 5.81. The first-order valence-corrected chi connectivity index (χ1v) is 12.6. The maximum Gasteiger partial charge on any atom is 0.333 e. The van der Waals surface area contributed by atoms with E-state index in [1.165, 1.54) is 0 Å². The SMILES string of the molecule is C=CC(=O)OCOc1ccc(Cc2nc(Cc3ccc(OCOC(=O)C=C)cc3)nc(Nc3ccccc3)n2)cc1. The Balaban J connectivity index is 1.46. The number of aromatic nitrogens is 3. The Bertz CT molecular complexity index is 1390. The van der Waals surface area contributed by atoms with Crippen molar-refractivity contribution in [3.63, 3.8) is 0 Å². The Kier molecular flexibility index (Phi) is 10.1. The molecule has 10 nitrogen and oxygen atoms in total. The Hall–Kier alpha value is -5.51. The van der Waals surface area contributed by atoms with Gasteiger partial charge in [0.1, 0.15) is 23.1 Å². The van der Waals surface area contributed by atoms with E-state index in [1.54, 1.807) is 24.3 Å². The first-order chi connectivity index (χ1) is 20.0. The van der Waals surface area contributed by atoms with Gasteiger partial charge in [-0.3, -0.25) is 0 Å². The van der Waals surface area contributed by atoms with Crippen LogP contribution in [-0.4, -0.2) is 40.5 Å². The number of rotatable bonds is 14. The average Bonchev–Trinajstić information content (AvgIpc) is 2.99. The molecule has 0 unspecified atom stereocenters. The number of benzene rings is 3. The van der Waals surface area contributed by atoms with Crippen LogP contribution < -0.4 is 14.8 Å². The highest BCUT2D eigenvalue weighted by atomic mass is 16.7. The monoisotopic (exact) mass is 552 g/mol. The average molecular weight is 553 g/mol. The molecule has 0 saturated carbocycles. The molecule has 10 heteroatoms. The van der Waals surface area contributed by atoms with Crippen molar-refractivity contribution in [2.24, 2.45) is 0 Å². The van der Waals surface area contributed by atoms with E-state index >= 15 is 0 Å². The molecule has 3 aromatic carbocycles. The van der Waals surface area contributed by atoms with Crippen LogP contribution in [0.2, 0.25) is 0 Å². The lowest BCUT2D eigenvalue weighted by Crippen LogP contribution is -2.09. The Morgan fingerprint density at radius 3 is 1.56 bits per heavy atom. The van der Waals surface area contributed by atoms with E-state index < -0.39 is 11.9 Å². The van der Waals surface area contributed by atoms with Gasteiger partial charge in [0.2, 0.25) is 19.5 Å². The predicted octanol–water partition coefficient (Wildman–Crippen LogP) is 4.93. The Morgan fingerprint density at radius 2 is 1.12 bits per heavy atom. The summed E-state index contributed by atoms with van der Waals surface area (Å²) in [6.07, 6.45) is 3.07. The summed E-state index contributed by atoms with van der Waals surface area (Å²) in [5, 5.41) is 3.25. The summed E-state index contributed by atoms with van der Waals surface area (Å²) >= 11 is 0. The van der Waals surface area contributed by atoms with Crippen molar-refractivity contribution in [1.29, 1.82) is 0 Å². The van der Waals surface area contributed by atoms with Gasteiger partial charge in [0, 0.05) is 30.7 Å². The molecular weight excluding hydrogens is 524 g/mol. The number of carbonyl (C=O) groups is 2. The van der Waals surface area contributed by atoms with Gasteiger partial charge < -0.3 is 24.3 Å². The lowest BCUT2D eigenvalue weighted by atomic mass is 10.1. The summed E-state index contributed by atoms with van der Waals surface area (Å²) in [5.41, 5.74) is 2.77. The maximum atomic E-state index is 11.2. The van der Waals surface area contributed by atoms with Crippen molar-refractivity contribution in [1.82, 2.24) is 15.0 Å². The van der Waals surface area contributed by atoms with Gasteiger partial charge >= 0.3 is 11.9 Å². The van der Waals surface area contributed by atoms with E-state index in [9.17, 15) is 9.59 Å². The van der Waals surface area contributed by atoms with Crippen LogP contribution in [0.25, 0.3) is 0 Å². The van der Waals surface area contributed by atoms with Gasteiger partial charge in [-0.2, -0.15) is 9.97 Å². The molecule has 4 rings (SSSR count). The van der Waals surface area contributed by atoms with Crippen molar-refractivity contribution >= 4 is 23.6 Å². The molecule has 0 saturated heterocycles. The molecule has 1 heterocycles. The molecule has 0 fully saturated rings. The zero-order valence-electron chi connectivity index (χ0n) is 22.2.